The Kier molecular flexibility index (Phi) is 5.53. The second-order valence-corrected chi connectivity index (χ2v) is 4.97. The van der Waals surface area contributed by atoms with Gasteiger partial charge in [-0.2, -0.15) is 0 Å². The molecule has 0 spiro atoms. The van der Waals surface area contributed by atoms with Crippen LogP contribution in [0.25, 0.3) is 10.2 Å². The molecule has 1 unspecified atom stereocenters. The van der Waals surface area contributed by atoms with Gasteiger partial charge in [0.15, 0.2) is 5.13 Å². The normalized spacial score (nSPS) is 11.9. The second-order valence-electron chi connectivity index (χ2n) is 3.93. The molecule has 1 aromatic heterocycles. The zero-order valence-electron chi connectivity index (χ0n) is 10.3. The Morgan fingerprint density at radius 3 is 2.83 bits per heavy atom. The highest BCUT2D eigenvalue weighted by Gasteiger charge is 2.13. The van der Waals surface area contributed by atoms with Gasteiger partial charge in [-0.15, -0.1) is 12.4 Å². The van der Waals surface area contributed by atoms with Crippen molar-refractivity contribution in [3.05, 3.63) is 24.3 Å². The molecule has 0 bridgehead atoms. The number of nitrogens with one attached hydrogen (secondary N) is 2. The number of amides is 1. The molecule has 2 aromatic rings. The van der Waals surface area contributed by atoms with Crippen LogP contribution in [0.3, 0.4) is 0 Å². The number of aromatic nitrogens is 1. The van der Waals surface area contributed by atoms with Crippen LogP contribution in [0.1, 0.15) is 6.92 Å². The first kappa shape index (κ1) is 14.9. The van der Waals surface area contributed by atoms with E-state index in [0.29, 0.717) is 11.7 Å². The molecule has 6 heteroatoms. The quantitative estimate of drug-likeness (QED) is 0.907. The first-order chi connectivity index (χ1) is 8.20. The maximum atomic E-state index is 11.8. The molecule has 1 aromatic carbocycles. The Bertz CT molecular complexity index is 496. The summed E-state index contributed by atoms with van der Waals surface area (Å²) in [7, 11) is 1.83. The molecule has 1 amide bonds. The summed E-state index contributed by atoms with van der Waals surface area (Å²) < 4.78 is 1.09. The van der Waals surface area contributed by atoms with Gasteiger partial charge >= 0.3 is 0 Å². The van der Waals surface area contributed by atoms with Crippen LogP contribution in [0.4, 0.5) is 5.13 Å². The highest BCUT2D eigenvalue weighted by Crippen LogP contribution is 2.25. The van der Waals surface area contributed by atoms with E-state index in [1.807, 2.05) is 38.2 Å². The fourth-order valence-electron chi connectivity index (χ4n) is 1.55. The van der Waals surface area contributed by atoms with Crippen molar-refractivity contribution in [2.75, 3.05) is 18.9 Å². The highest BCUT2D eigenvalue weighted by atomic mass is 35.5. The van der Waals surface area contributed by atoms with E-state index in [9.17, 15) is 4.79 Å². The molecular weight excluding hydrogens is 270 g/mol. The minimum Gasteiger partial charge on any atom is -0.319 e. The lowest BCUT2D eigenvalue weighted by Crippen LogP contribution is -2.28. The van der Waals surface area contributed by atoms with Crippen LogP contribution in [0.5, 0.6) is 0 Å². The molecule has 0 saturated heterocycles. The molecule has 0 fully saturated rings. The summed E-state index contributed by atoms with van der Waals surface area (Å²) in [5.74, 6) is -0.0644. The fraction of sp³-hybridized carbons (Fsp3) is 0.333. The largest absolute Gasteiger partial charge is 0.319 e. The standard InChI is InChI=1S/C12H15N3OS.ClH/c1-8(7-13-2)11(16)15-12-14-9-5-3-4-6-10(9)17-12;/h3-6,8,13H,7H2,1-2H3,(H,14,15,16);1H. The van der Waals surface area contributed by atoms with E-state index in [2.05, 4.69) is 15.6 Å². The number of halogens is 1. The monoisotopic (exact) mass is 285 g/mol. The molecule has 2 N–H and O–H groups in total. The van der Waals surface area contributed by atoms with Gasteiger partial charge in [-0.05, 0) is 19.2 Å². The van der Waals surface area contributed by atoms with Crippen molar-refractivity contribution in [2.45, 2.75) is 6.92 Å². The average Bonchev–Trinajstić information content (AvgIpc) is 2.71. The first-order valence-electron chi connectivity index (χ1n) is 5.51. The summed E-state index contributed by atoms with van der Waals surface area (Å²) in [6, 6.07) is 7.85. The molecule has 0 aliphatic rings. The summed E-state index contributed by atoms with van der Waals surface area (Å²) in [4.78, 5) is 16.2. The lowest BCUT2D eigenvalue weighted by molar-refractivity contribution is -0.119. The molecule has 0 saturated carbocycles. The van der Waals surface area contributed by atoms with Gasteiger partial charge in [-0.1, -0.05) is 30.4 Å². The second kappa shape index (κ2) is 6.68. The molecule has 0 aliphatic heterocycles. The summed E-state index contributed by atoms with van der Waals surface area (Å²) >= 11 is 1.50. The van der Waals surface area contributed by atoms with Crippen LogP contribution < -0.4 is 10.6 Å². The van der Waals surface area contributed by atoms with E-state index in [1.54, 1.807) is 0 Å². The number of anilines is 1. The van der Waals surface area contributed by atoms with E-state index in [4.69, 9.17) is 0 Å². The third kappa shape index (κ3) is 3.41. The van der Waals surface area contributed by atoms with Crippen molar-refractivity contribution in [1.29, 1.82) is 0 Å². The predicted octanol–water partition coefficient (Wildman–Crippen LogP) is 2.51. The number of fused-ring (bicyclic) bond motifs is 1. The average molecular weight is 286 g/mol. The Morgan fingerprint density at radius 1 is 1.44 bits per heavy atom. The fourth-order valence-corrected chi connectivity index (χ4v) is 2.42. The van der Waals surface area contributed by atoms with E-state index in [0.717, 1.165) is 10.2 Å². The van der Waals surface area contributed by atoms with Crippen LogP contribution >= 0.6 is 23.7 Å². The van der Waals surface area contributed by atoms with Gasteiger partial charge < -0.3 is 10.6 Å². The van der Waals surface area contributed by atoms with E-state index in [1.165, 1.54) is 11.3 Å². The van der Waals surface area contributed by atoms with Crippen molar-refractivity contribution in [1.82, 2.24) is 10.3 Å². The molecular formula is C12H16ClN3OS. The highest BCUT2D eigenvalue weighted by molar-refractivity contribution is 7.22. The predicted molar refractivity (Wildman–Crippen MR) is 78.6 cm³/mol. The van der Waals surface area contributed by atoms with Gasteiger partial charge in [-0.3, -0.25) is 4.79 Å². The number of carbonyl (C=O) groups excluding carboxylic acids is 1. The van der Waals surface area contributed by atoms with Crippen LogP contribution in [0, 0.1) is 5.92 Å². The smallest absolute Gasteiger partial charge is 0.230 e. The Morgan fingerprint density at radius 2 is 2.17 bits per heavy atom. The molecule has 4 nitrogen and oxygen atoms in total. The zero-order valence-corrected chi connectivity index (χ0v) is 11.9. The minimum atomic E-state index is -0.0630. The zero-order chi connectivity index (χ0) is 12.3. The third-order valence-electron chi connectivity index (χ3n) is 2.48. The third-order valence-corrected chi connectivity index (χ3v) is 3.43. The van der Waals surface area contributed by atoms with Crippen molar-refractivity contribution in [2.24, 2.45) is 5.92 Å². The van der Waals surface area contributed by atoms with Crippen LogP contribution in [-0.2, 0) is 4.79 Å². The van der Waals surface area contributed by atoms with Crippen LogP contribution in [-0.4, -0.2) is 24.5 Å². The Labute approximate surface area is 116 Å². The molecule has 0 radical (unpaired) electrons. The minimum absolute atomic E-state index is 0. The molecule has 1 heterocycles. The van der Waals surface area contributed by atoms with Gasteiger partial charge in [0.2, 0.25) is 5.91 Å². The lowest BCUT2D eigenvalue weighted by Gasteiger charge is -2.08. The summed E-state index contributed by atoms with van der Waals surface area (Å²) in [5.41, 5.74) is 0.925. The topological polar surface area (TPSA) is 54.0 Å². The number of benzene rings is 1. The molecule has 18 heavy (non-hydrogen) atoms. The van der Waals surface area contributed by atoms with Gasteiger partial charge in [0.1, 0.15) is 0 Å². The summed E-state index contributed by atoms with van der Waals surface area (Å²) in [6.45, 7) is 2.55. The SMILES string of the molecule is CNCC(C)C(=O)Nc1nc2ccccc2s1.Cl. The Hall–Kier alpha value is -1.17. The number of carbonyl (C=O) groups is 1. The summed E-state index contributed by atoms with van der Waals surface area (Å²) in [5, 5.41) is 6.49. The van der Waals surface area contributed by atoms with E-state index in [-0.39, 0.29) is 24.2 Å². The van der Waals surface area contributed by atoms with Crippen molar-refractivity contribution in [3.63, 3.8) is 0 Å². The van der Waals surface area contributed by atoms with Crippen molar-refractivity contribution >= 4 is 45.0 Å². The van der Waals surface area contributed by atoms with Gasteiger partial charge in [0.25, 0.3) is 0 Å². The van der Waals surface area contributed by atoms with E-state index < -0.39 is 0 Å². The number of nitrogens with zero attached hydrogens (tertiary/aromatic N) is 1. The number of hydrogen-bond donors (Lipinski definition) is 2. The number of para-hydroxylation sites is 1. The number of thiazole rings is 1. The summed E-state index contributed by atoms with van der Waals surface area (Å²) in [6.07, 6.45) is 0. The molecule has 98 valence electrons. The van der Waals surface area contributed by atoms with Gasteiger partial charge in [0, 0.05) is 12.5 Å². The number of rotatable bonds is 4. The Balaban J connectivity index is 0.00000162. The maximum Gasteiger partial charge on any atom is 0.230 e. The van der Waals surface area contributed by atoms with Gasteiger partial charge in [-0.25, -0.2) is 4.98 Å². The molecule has 0 aliphatic carbocycles. The lowest BCUT2D eigenvalue weighted by atomic mass is 10.2. The van der Waals surface area contributed by atoms with Crippen molar-refractivity contribution in [3.8, 4) is 0 Å². The van der Waals surface area contributed by atoms with E-state index >= 15 is 0 Å². The molecule has 1 atom stereocenters. The van der Waals surface area contributed by atoms with Gasteiger partial charge in [0.05, 0.1) is 10.2 Å². The van der Waals surface area contributed by atoms with Crippen LogP contribution in [0.2, 0.25) is 0 Å². The number of hydrogen-bond acceptors (Lipinski definition) is 4. The van der Waals surface area contributed by atoms with Crippen LogP contribution in [0.15, 0.2) is 24.3 Å². The maximum absolute atomic E-state index is 11.8. The first-order valence-corrected chi connectivity index (χ1v) is 6.33. The molecule has 2 rings (SSSR count). The van der Waals surface area contributed by atoms with Crippen molar-refractivity contribution < 1.29 is 4.79 Å².